The molecule has 0 fully saturated rings. The average molecular weight is 337 g/mol. The largest absolute Gasteiger partial charge is 0.492 e. The molecule has 20 heavy (non-hydrogen) atoms. The maximum Gasteiger partial charge on any atom is 0.356 e. The molecular formula is C14H13BrN2O3. The number of ether oxygens (including phenoxy) is 2. The van der Waals surface area contributed by atoms with E-state index in [1.54, 1.807) is 6.92 Å². The summed E-state index contributed by atoms with van der Waals surface area (Å²) in [4.78, 5) is 11.9. The third-order valence-electron chi connectivity index (χ3n) is 3.16. The molecule has 2 heterocycles. The first-order valence-electron chi connectivity index (χ1n) is 6.37. The number of fused-ring (bicyclic) bond motifs is 3. The Morgan fingerprint density at radius 2 is 2.40 bits per heavy atom. The number of carbonyl (C=O) groups excluding carboxylic acids is 1. The van der Waals surface area contributed by atoms with E-state index in [1.807, 2.05) is 18.2 Å². The van der Waals surface area contributed by atoms with E-state index < -0.39 is 0 Å². The number of nitrogens with one attached hydrogen (secondary N) is 1. The molecule has 0 saturated heterocycles. The van der Waals surface area contributed by atoms with Gasteiger partial charge in [-0.15, -0.1) is 0 Å². The highest BCUT2D eigenvalue weighted by Crippen LogP contribution is 2.36. The minimum absolute atomic E-state index is 0.340. The van der Waals surface area contributed by atoms with Crippen molar-refractivity contribution in [3.63, 3.8) is 0 Å². The van der Waals surface area contributed by atoms with Crippen LogP contribution in [0.25, 0.3) is 11.3 Å². The minimum atomic E-state index is -0.373. The number of aromatic amines is 1. The molecule has 1 aromatic heterocycles. The van der Waals surface area contributed by atoms with Crippen molar-refractivity contribution in [2.45, 2.75) is 13.3 Å². The van der Waals surface area contributed by atoms with Crippen LogP contribution in [0.5, 0.6) is 5.75 Å². The molecule has 0 aliphatic carbocycles. The highest BCUT2D eigenvalue weighted by atomic mass is 79.9. The zero-order valence-corrected chi connectivity index (χ0v) is 12.5. The summed E-state index contributed by atoms with van der Waals surface area (Å²) in [5.74, 6) is 0.391. The first kappa shape index (κ1) is 13.2. The van der Waals surface area contributed by atoms with E-state index in [1.165, 1.54) is 0 Å². The fourth-order valence-electron chi connectivity index (χ4n) is 2.28. The topological polar surface area (TPSA) is 64.2 Å². The van der Waals surface area contributed by atoms with E-state index in [-0.39, 0.29) is 5.97 Å². The normalized spacial score (nSPS) is 12.9. The number of hydrogen-bond donors (Lipinski definition) is 1. The Morgan fingerprint density at radius 1 is 1.55 bits per heavy atom. The van der Waals surface area contributed by atoms with Gasteiger partial charge in [-0.05, 0) is 25.1 Å². The van der Waals surface area contributed by atoms with Crippen LogP contribution in [0.4, 0.5) is 0 Å². The van der Waals surface area contributed by atoms with Gasteiger partial charge < -0.3 is 9.47 Å². The Hall–Kier alpha value is -1.82. The van der Waals surface area contributed by atoms with Crippen LogP contribution in [0, 0.1) is 0 Å². The lowest BCUT2D eigenvalue weighted by Gasteiger charge is -2.06. The maximum atomic E-state index is 11.9. The molecule has 5 nitrogen and oxygen atoms in total. The van der Waals surface area contributed by atoms with Crippen molar-refractivity contribution in [1.29, 1.82) is 0 Å². The van der Waals surface area contributed by atoms with Gasteiger partial charge in [-0.2, -0.15) is 5.10 Å². The van der Waals surface area contributed by atoms with Crippen LogP contribution in [0.1, 0.15) is 23.0 Å². The molecule has 1 aliphatic heterocycles. The summed E-state index contributed by atoms with van der Waals surface area (Å²) in [5.41, 5.74) is 2.91. The van der Waals surface area contributed by atoms with Crippen molar-refractivity contribution < 1.29 is 14.3 Å². The molecular weight excluding hydrogens is 324 g/mol. The van der Waals surface area contributed by atoms with Crippen molar-refractivity contribution in [1.82, 2.24) is 10.2 Å². The molecule has 0 bridgehead atoms. The van der Waals surface area contributed by atoms with Crippen molar-refractivity contribution in [2.24, 2.45) is 0 Å². The fourth-order valence-corrected chi connectivity index (χ4v) is 2.62. The molecule has 0 saturated carbocycles. The average Bonchev–Trinajstić information content (AvgIpc) is 2.75. The van der Waals surface area contributed by atoms with Gasteiger partial charge in [0.1, 0.15) is 11.4 Å². The highest BCUT2D eigenvalue weighted by Gasteiger charge is 2.25. The molecule has 0 radical (unpaired) electrons. The highest BCUT2D eigenvalue weighted by molar-refractivity contribution is 9.10. The van der Waals surface area contributed by atoms with E-state index in [2.05, 4.69) is 26.1 Å². The van der Waals surface area contributed by atoms with Gasteiger partial charge in [0.25, 0.3) is 0 Å². The van der Waals surface area contributed by atoms with Gasteiger partial charge in [0.2, 0.25) is 0 Å². The first-order chi connectivity index (χ1) is 9.70. The van der Waals surface area contributed by atoms with Crippen LogP contribution in [0.2, 0.25) is 0 Å². The lowest BCUT2D eigenvalue weighted by atomic mass is 10.0. The van der Waals surface area contributed by atoms with Crippen molar-refractivity contribution in [2.75, 3.05) is 13.2 Å². The summed E-state index contributed by atoms with van der Waals surface area (Å²) in [5, 5.41) is 7.06. The van der Waals surface area contributed by atoms with Crippen LogP contribution >= 0.6 is 15.9 Å². The number of hydrogen-bond acceptors (Lipinski definition) is 4. The van der Waals surface area contributed by atoms with Crippen LogP contribution in [0.15, 0.2) is 22.7 Å². The third-order valence-corrected chi connectivity index (χ3v) is 3.65. The zero-order valence-electron chi connectivity index (χ0n) is 10.9. The lowest BCUT2D eigenvalue weighted by Crippen LogP contribution is -2.09. The number of halogens is 1. The summed E-state index contributed by atoms with van der Waals surface area (Å²) in [6, 6.07) is 5.76. The Labute approximate surface area is 124 Å². The molecule has 3 rings (SSSR count). The van der Waals surface area contributed by atoms with Crippen LogP contribution in [-0.4, -0.2) is 29.4 Å². The molecule has 0 atom stereocenters. The maximum absolute atomic E-state index is 11.9. The summed E-state index contributed by atoms with van der Waals surface area (Å²) in [7, 11) is 0. The SMILES string of the molecule is CCOC(=O)c1[nH]nc2c1CCOc1cc(Br)ccc1-2. The van der Waals surface area contributed by atoms with Gasteiger partial charge >= 0.3 is 5.97 Å². The monoisotopic (exact) mass is 336 g/mol. The smallest absolute Gasteiger partial charge is 0.356 e. The quantitative estimate of drug-likeness (QED) is 0.856. The Kier molecular flexibility index (Phi) is 3.48. The molecule has 0 spiro atoms. The fraction of sp³-hybridized carbons (Fsp3) is 0.286. The summed E-state index contributed by atoms with van der Waals surface area (Å²) >= 11 is 3.42. The van der Waals surface area contributed by atoms with Gasteiger partial charge in [-0.1, -0.05) is 15.9 Å². The van der Waals surface area contributed by atoms with Gasteiger partial charge in [-0.25, -0.2) is 4.79 Å². The van der Waals surface area contributed by atoms with Gasteiger partial charge in [0, 0.05) is 22.0 Å². The van der Waals surface area contributed by atoms with Crippen LogP contribution < -0.4 is 4.74 Å². The molecule has 1 aliphatic rings. The predicted octanol–water partition coefficient (Wildman–Crippen LogP) is 2.95. The lowest BCUT2D eigenvalue weighted by molar-refractivity contribution is 0.0518. The second kappa shape index (κ2) is 5.28. The van der Waals surface area contributed by atoms with Gasteiger partial charge in [0.15, 0.2) is 0 Å². The van der Waals surface area contributed by atoms with E-state index in [4.69, 9.17) is 9.47 Å². The number of carbonyl (C=O) groups is 1. The standard InChI is InChI=1S/C14H13BrN2O3/c1-2-19-14(18)13-10-5-6-20-11-7-8(15)3-4-9(11)12(10)16-17-13/h3-4,7H,2,5-6H2,1H3,(H,16,17). The molecule has 104 valence electrons. The van der Waals surface area contributed by atoms with Crippen LogP contribution in [0.3, 0.4) is 0 Å². The Morgan fingerprint density at radius 3 is 3.20 bits per heavy atom. The molecule has 2 aromatic rings. The van der Waals surface area contributed by atoms with E-state index in [0.717, 1.165) is 27.0 Å². The molecule has 6 heteroatoms. The summed E-state index contributed by atoms with van der Waals surface area (Å²) < 4.78 is 11.7. The predicted molar refractivity (Wildman–Crippen MR) is 76.9 cm³/mol. The van der Waals surface area contributed by atoms with E-state index >= 15 is 0 Å². The Bertz CT molecular complexity index is 666. The third kappa shape index (κ3) is 2.20. The number of aromatic nitrogens is 2. The number of benzene rings is 1. The number of H-pyrrole nitrogens is 1. The molecule has 0 unspecified atom stereocenters. The Balaban J connectivity index is 2.10. The second-order valence-electron chi connectivity index (χ2n) is 4.39. The number of esters is 1. The zero-order chi connectivity index (χ0) is 14.1. The second-order valence-corrected chi connectivity index (χ2v) is 5.30. The van der Waals surface area contributed by atoms with Gasteiger partial charge in [-0.3, -0.25) is 5.10 Å². The van der Waals surface area contributed by atoms with Crippen LogP contribution in [-0.2, 0) is 11.2 Å². The molecule has 1 N–H and O–H groups in total. The summed E-state index contributed by atoms with van der Waals surface area (Å²) in [6.07, 6.45) is 0.617. The van der Waals surface area contributed by atoms with E-state index in [0.29, 0.717) is 25.3 Å². The number of nitrogens with zero attached hydrogens (tertiary/aromatic N) is 1. The van der Waals surface area contributed by atoms with E-state index in [9.17, 15) is 4.79 Å². The number of rotatable bonds is 2. The van der Waals surface area contributed by atoms with Crippen molar-refractivity contribution in [3.8, 4) is 17.0 Å². The van der Waals surface area contributed by atoms with Crippen molar-refractivity contribution in [3.05, 3.63) is 33.9 Å². The minimum Gasteiger partial charge on any atom is -0.492 e. The first-order valence-corrected chi connectivity index (χ1v) is 7.17. The molecule has 0 amide bonds. The van der Waals surface area contributed by atoms with Gasteiger partial charge in [0.05, 0.1) is 18.9 Å². The molecule has 1 aromatic carbocycles. The summed E-state index contributed by atoms with van der Waals surface area (Å²) in [6.45, 7) is 2.62. The van der Waals surface area contributed by atoms with Crippen molar-refractivity contribution >= 4 is 21.9 Å².